The summed E-state index contributed by atoms with van der Waals surface area (Å²) in [6.07, 6.45) is 3.85. The molecule has 0 amide bonds. The van der Waals surface area contributed by atoms with E-state index >= 15 is 0 Å². The normalized spacial score (nSPS) is 11.1. The number of hydrogen-bond acceptors (Lipinski definition) is 4. The summed E-state index contributed by atoms with van der Waals surface area (Å²) in [6.45, 7) is 3.43. The molecule has 2 aromatic rings. The molecule has 0 saturated heterocycles. The van der Waals surface area contributed by atoms with Crippen LogP contribution < -0.4 is 0 Å². The Hall–Kier alpha value is -1.94. The van der Waals surface area contributed by atoms with Gasteiger partial charge in [-0.3, -0.25) is 4.79 Å². The van der Waals surface area contributed by atoms with Crippen LogP contribution in [0.3, 0.4) is 0 Å². The molecule has 1 aromatic carbocycles. The lowest BCUT2D eigenvalue weighted by Gasteiger charge is -2.00. The molecule has 98 valence electrons. The number of hydrogen-bond donors (Lipinski definition) is 0. The van der Waals surface area contributed by atoms with Crippen molar-refractivity contribution in [3.8, 4) is 11.5 Å². The van der Waals surface area contributed by atoms with E-state index in [1.807, 2.05) is 19.1 Å². The quantitative estimate of drug-likeness (QED) is 0.801. The molecule has 2 rings (SSSR count). The number of rotatable bonds is 4. The average Bonchev–Trinajstić information content (AvgIpc) is 2.85. The fourth-order valence-corrected chi connectivity index (χ4v) is 1.76. The fraction of sp³-hybridized carbons (Fsp3) is 0.214. The van der Waals surface area contributed by atoms with E-state index in [4.69, 9.17) is 16.0 Å². The van der Waals surface area contributed by atoms with E-state index in [1.165, 1.54) is 13.0 Å². The number of aromatic nitrogens is 2. The molecule has 19 heavy (non-hydrogen) atoms. The molecule has 4 nitrogen and oxygen atoms in total. The SMILES string of the molecule is CCc1nnc(-c2ccc(/C=C/C(C)=O)c(Cl)c2)o1. The second-order valence-corrected chi connectivity index (χ2v) is 4.44. The standard InChI is InChI=1S/C14H13ClN2O2/c1-3-13-16-17-14(19-13)11-7-6-10(12(15)8-11)5-4-9(2)18/h4-8H,3H2,1-2H3/b5-4+. The van der Waals surface area contributed by atoms with E-state index < -0.39 is 0 Å². The Labute approximate surface area is 116 Å². The van der Waals surface area contributed by atoms with Gasteiger partial charge in [0.05, 0.1) is 0 Å². The first-order valence-corrected chi connectivity index (χ1v) is 6.29. The Morgan fingerprint density at radius 2 is 2.21 bits per heavy atom. The molecular weight excluding hydrogens is 264 g/mol. The summed E-state index contributed by atoms with van der Waals surface area (Å²) >= 11 is 6.15. The molecule has 0 aliphatic carbocycles. The van der Waals surface area contributed by atoms with E-state index in [0.29, 0.717) is 23.2 Å². The van der Waals surface area contributed by atoms with Gasteiger partial charge in [-0.25, -0.2) is 0 Å². The Morgan fingerprint density at radius 1 is 1.42 bits per heavy atom. The zero-order valence-corrected chi connectivity index (χ0v) is 11.4. The van der Waals surface area contributed by atoms with Crippen LogP contribution in [0.2, 0.25) is 5.02 Å². The fourth-order valence-electron chi connectivity index (χ4n) is 1.52. The summed E-state index contributed by atoms with van der Waals surface area (Å²) in [5.74, 6) is 1.01. The van der Waals surface area contributed by atoms with Crippen LogP contribution in [-0.4, -0.2) is 16.0 Å². The molecule has 5 heteroatoms. The minimum Gasteiger partial charge on any atom is -0.421 e. The number of nitrogens with zero attached hydrogens (tertiary/aromatic N) is 2. The van der Waals surface area contributed by atoms with Crippen molar-refractivity contribution in [3.05, 3.63) is 40.8 Å². The van der Waals surface area contributed by atoms with Gasteiger partial charge in [0, 0.05) is 17.0 Å². The highest BCUT2D eigenvalue weighted by Gasteiger charge is 2.08. The molecule has 0 atom stereocenters. The predicted octanol–water partition coefficient (Wildman–Crippen LogP) is 3.55. The van der Waals surface area contributed by atoms with Crippen LogP contribution in [-0.2, 0) is 11.2 Å². The van der Waals surface area contributed by atoms with Crippen LogP contribution in [0, 0.1) is 0 Å². The highest BCUT2D eigenvalue weighted by molar-refractivity contribution is 6.32. The third kappa shape index (κ3) is 3.29. The third-order valence-electron chi connectivity index (χ3n) is 2.51. The number of carbonyl (C=O) groups is 1. The first-order chi connectivity index (χ1) is 9.10. The maximum absolute atomic E-state index is 10.9. The van der Waals surface area contributed by atoms with Crippen molar-refractivity contribution < 1.29 is 9.21 Å². The molecule has 0 radical (unpaired) electrons. The van der Waals surface area contributed by atoms with Crippen LogP contribution in [0.15, 0.2) is 28.7 Å². The second kappa shape index (κ2) is 5.80. The van der Waals surface area contributed by atoms with Gasteiger partial charge in [0.15, 0.2) is 5.78 Å². The van der Waals surface area contributed by atoms with Crippen LogP contribution in [0.4, 0.5) is 0 Å². The first kappa shape index (κ1) is 13.5. The second-order valence-electron chi connectivity index (χ2n) is 4.03. The van der Waals surface area contributed by atoms with Gasteiger partial charge in [-0.1, -0.05) is 24.6 Å². The minimum absolute atomic E-state index is 0.0235. The van der Waals surface area contributed by atoms with E-state index in [1.54, 1.807) is 12.1 Å². The smallest absolute Gasteiger partial charge is 0.247 e. The van der Waals surface area contributed by atoms with Gasteiger partial charge in [0.2, 0.25) is 11.8 Å². The van der Waals surface area contributed by atoms with Crippen molar-refractivity contribution >= 4 is 23.5 Å². The minimum atomic E-state index is -0.0235. The molecule has 0 spiro atoms. The van der Waals surface area contributed by atoms with Crippen molar-refractivity contribution in [1.29, 1.82) is 0 Å². The predicted molar refractivity (Wildman–Crippen MR) is 73.8 cm³/mol. The maximum Gasteiger partial charge on any atom is 0.247 e. The van der Waals surface area contributed by atoms with Gasteiger partial charge < -0.3 is 4.42 Å². The van der Waals surface area contributed by atoms with Crippen molar-refractivity contribution in [2.75, 3.05) is 0 Å². The third-order valence-corrected chi connectivity index (χ3v) is 2.84. The zero-order valence-electron chi connectivity index (χ0n) is 10.7. The van der Waals surface area contributed by atoms with Gasteiger partial charge in [-0.2, -0.15) is 0 Å². The summed E-state index contributed by atoms with van der Waals surface area (Å²) in [4.78, 5) is 10.9. The monoisotopic (exact) mass is 276 g/mol. The van der Waals surface area contributed by atoms with Crippen molar-refractivity contribution in [3.63, 3.8) is 0 Å². The van der Waals surface area contributed by atoms with Gasteiger partial charge in [0.25, 0.3) is 0 Å². The first-order valence-electron chi connectivity index (χ1n) is 5.91. The van der Waals surface area contributed by atoms with Crippen LogP contribution in [0.25, 0.3) is 17.5 Å². The molecule has 0 fully saturated rings. The molecule has 0 bridgehead atoms. The Bertz CT molecular complexity index is 632. The van der Waals surface area contributed by atoms with Crippen molar-refractivity contribution in [2.45, 2.75) is 20.3 Å². The van der Waals surface area contributed by atoms with Crippen LogP contribution in [0.5, 0.6) is 0 Å². The number of allylic oxidation sites excluding steroid dienone is 1. The summed E-state index contributed by atoms with van der Waals surface area (Å²) in [5, 5.41) is 8.39. The Kier molecular flexibility index (Phi) is 4.12. The van der Waals surface area contributed by atoms with E-state index in [-0.39, 0.29) is 5.78 Å². The topological polar surface area (TPSA) is 56.0 Å². The summed E-state index contributed by atoms with van der Waals surface area (Å²) in [7, 11) is 0. The summed E-state index contributed by atoms with van der Waals surface area (Å²) in [5.41, 5.74) is 1.54. The number of halogens is 1. The lowest BCUT2D eigenvalue weighted by atomic mass is 10.1. The van der Waals surface area contributed by atoms with Crippen LogP contribution in [0.1, 0.15) is 25.3 Å². The average molecular weight is 277 g/mol. The number of ketones is 1. The Balaban J connectivity index is 2.30. The van der Waals surface area contributed by atoms with E-state index in [0.717, 1.165) is 11.1 Å². The molecule has 0 aliphatic rings. The van der Waals surface area contributed by atoms with Gasteiger partial charge in [-0.15, -0.1) is 10.2 Å². The van der Waals surface area contributed by atoms with E-state index in [2.05, 4.69) is 10.2 Å². The summed E-state index contributed by atoms with van der Waals surface area (Å²) in [6, 6.07) is 5.39. The Morgan fingerprint density at radius 3 is 2.79 bits per heavy atom. The van der Waals surface area contributed by atoms with Crippen LogP contribution >= 0.6 is 11.6 Å². The molecule has 0 saturated carbocycles. The molecular formula is C14H13ClN2O2. The summed E-state index contributed by atoms with van der Waals surface area (Å²) < 4.78 is 5.46. The molecule has 1 aromatic heterocycles. The largest absolute Gasteiger partial charge is 0.421 e. The molecule has 1 heterocycles. The zero-order chi connectivity index (χ0) is 13.8. The van der Waals surface area contributed by atoms with Gasteiger partial charge in [0.1, 0.15) is 0 Å². The van der Waals surface area contributed by atoms with Crippen molar-refractivity contribution in [1.82, 2.24) is 10.2 Å². The number of carbonyl (C=O) groups excluding carboxylic acids is 1. The molecule has 0 aliphatic heterocycles. The van der Waals surface area contributed by atoms with Crippen molar-refractivity contribution in [2.24, 2.45) is 0 Å². The highest BCUT2D eigenvalue weighted by atomic mass is 35.5. The maximum atomic E-state index is 10.9. The highest BCUT2D eigenvalue weighted by Crippen LogP contribution is 2.25. The number of benzene rings is 1. The van der Waals surface area contributed by atoms with E-state index in [9.17, 15) is 4.79 Å². The lowest BCUT2D eigenvalue weighted by molar-refractivity contribution is -0.112. The van der Waals surface area contributed by atoms with Gasteiger partial charge in [-0.05, 0) is 36.8 Å². The van der Waals surface area contributed by atoms with Gasteiger partial charge >= 0.3 is 0 Å². The number of aryl methyl sites for hydroxylation is 1. The molecule has 0 N–H and O–H groups in total. The lowest BCUT2D eigenvalue weighted by Crippen LogP contribution is -1.83. The molecule has 0 unspecified atom stereocenters.